The Labute approximate surface area is 121 Å². The zero-order chi connectivity index (χ0) is 14.5. The summed E-state index contributed by atoms with van der Waals surface area (Å²) >= 11 is 1.65. The lowest BCUT2D eigenvalue weighted by Crippen LogP contribution is -2.51. The molecule has 1 amide bonds. The van der Waals surface area contributed by atoms with Crippen molar-refractivity contribution in [3.8, 4) is 0 Å². The van der Waals surface area contributed by atoms with Gasteiger partial charge in [-0.15, -0.1) is 0 Å². The molecule has 1 aliphatic heterocycles. The number of nitrogens with zero attached hydrogens (tertiary/aromatic N) is 3. The fourth-order valence-corrected chi connectivity index (χ4v) is 3.06. The van der Waals surface area contributed by atoms with Crippen LogP contribution in [0, 0.1) is 0 Å². The highest BCUT2D eigenvalue weighted by molar-refractivity contribution is 7.99. The van der Waals surface area contributed by atoms with Crippen LogP contribution in [0.2, 0.25) is 0 Å². The van der Waals surface area contributed by atoms with Crippen LogP contribution in [0.25, 0.3) is 0 Å². The number of amides is 1. The summed E-state index contributed by atoms with van der Waals surface area (Å²) in [4.78, 5) is 25.8. The molecule has 0 bridgehead atoms. The number of carbonyl (C=O) groups excluding carboxylic acids is 2. The summed E-state index contributed by atoms with van der Waals surface area (Å²) in [7, 11) is 0. The Bertz CT molecular complexity index is 491. The highest BCUT2D eigenvalue weighted by atomic mass is 32.2. The van der Waals surface area contributed by atoms with Crippen LogP contribution in [0.1, 0.15) is 6.92 Å². The number of thioether (sulfide) groups is 1. The number of rotatable bonds is 4. The minimum atomic E-state index is -0.505. The van der Waals surface area contributed by atoms with Gasteiger partial charge in [-0.2, -0.15) is 16.9 Å². The fraction of sp³-hybridized carbons (Fsp3) is 0.583. The van der Waals surface area contributed by atoms with E-state index in [1.165, 1.54) is 4.68 Å². The summed E-state index contributed by atoms with van der Waals surface area (Å²) in [5.74, 6) is 1.28. The topological polar surface area (TPSA) is 90.5 Å². The first kappa shape index (κ1) is 14.7. The monoisotopic (exact) mass is 298 g/mol. The lowest BCUT2D eigenvalue weighted by Gasteiger charge is -2.33. The summed E-state index contributed by atoms with van der Waals surface area (Å²) in [5, 5.41) is 3.98. The number of nitrogen functional groups attached to an aromatic ring is 1. The van der Waals surface area contributed by atoms with E-state index < -0.39 is 6.04 Å². The fourth-order valence-electron chi connectivity index (χ4n) is 2.03. The van der Waals surface area contributed by atoms with E-state index in [4.69, 9.17) is 10.5 Å². The molecule has 2 heterocycles. The average molecular weight is 298 g/mol. The molecule has 1 fully saturated rings. The molecule has 0 radical (unpaired) electrons. The van der Waals surface area contributed by atoms with E-state index in [-0.39, 0.29) is 18.4 Å². The van der Waals surface area contributed by atoms with Crippen molar-refractivity contribution >= 4 is 29.5 Å². The molecule has 0 aliphatic carbocycles. The summed E-state index contributed by atoms with van der Waals surface area (Å²) in [6, 6.07) is 1.12. The molecule has 1 saturated heterocycles. The first-order chi connectivity index (χ1) is 9.61. The molecule has 1 aromatic rings. The van der Waals surface area contributed by atoms with Gasteiger partial charge in [0.2, 0.25) is 5.91 Å². The second kappa shape index (κ2) is 6.65. The predicted molar refractivity (Wildman–Crippen MR) is 76.1 cm³/mol. The van der Waals surface area contributed by atoms with E-state index in [0.717, 1.165) is 5.75 Å². The number of carbonyl (C=O) groups is 2. The van der Waals surface area contributed by atoms with Gasteiger partial charge in [0, 0.05) is 24.2 Å². The maximum absolute atomic E-state index is 12.3. The van der Waals surface area contributed by atoms with Crippen LogP contribution in [0.15, 0.2) is 12.3 Å². The molecule has 20 heavy (non-hydrogen) atoms. The van der Waals surface area contributed by atoms with Crippen molar-refractivity contribution in [2.24, 2.45) is 0 Å². The lowest BCUT2D eigenvalue weighted by atomic mass is 10.2. The van der Waals surface area contributed by atoms with Gasteiger partial charge in [0.05, 0.1) is 6.61 Å². The van der Waals surface area contributed by atoms with Crippen LogP contribution in [-0.4, -0.2) is 57.3 Å². The molecule has 110 valence electrons. The van der Waals surface area contributed by atoms with Crippen LogP contribution >= 0.6 is 11.8 Å². The third kappa shape index (κ3) is 3.44. The Morgan fingerprint density at radius 2 is 2.40 bits per heavy atom. The van der Waals surface area contributed by atoms with Crippen molar-refractivity contribution in [1.82, 2.24) is 14.7 Å². The van der Waals surface area contributed by atoms with Gasteiger partial charge < -0.3 is 15.4 Å². The van der Waals surface area contributed by atoms with E-state index in [9.17, 15) is 9.59 Å². The number of anilines is 1. The average Bonchev–Trinajstić information content (AvgIpc) is 2.84. The van der Waals surface area contributed by atoms with Crippen LogP contribution in [0.4, 0.5) is 5.82 Å². The number of aromatic nitrogens is 2. The normalized spacial score (nSPS) is 18.9. The van der Waals surface area contributed by atoms with Crippen molar-refractivity contribution in [1.29, 1.82) is 0 Å². The Hall–Kier alpha value is -1.70. The molecule has 7 nitrogen and oxygen atoms in total. The zero-order valence-corrected chi connectivity index (χ0v) is 12.1. The molecule has 2 N–H and O–H groups in total. The van der Waals surface area contributed by atoms with Gasteiger partial charge in [0.1, 0.15) is 18.4 Å². The Morgan fingerprint density at radius 3 is 3.05 bits per heavy atom. The lowest BCUT2D eigenvalue weighted by molar-refractivity contribution is -0.154. The first-order valence-corrected chi connectivity index (χ1v) is 7.60. The van der Waals surface area contributed by atoms with Gasteiger partial charge in [-0.1, -0.05) is 0 Å². The first-order valence-electron chi connectivity index (χ1n) is 6.44. The quantitative estimate of drug-likeness (QED) is 0.785. The number of hydrogen-bond acceptors (Lipinski definition) is 6. The molecule has 0 saturated carbocycles. The third-order valence-electron chi connectivity index (χ3n) is 2.97. The van der Waals surface area contributed by atoms with Gasteiger partial charge in [-0.05, 0) is 13.0 Å². The highest BCUT2D eigenvalue weighted by Gasteiger charge is 2.33. The molecule has 0 spiro atoms. The van der Waals surface area contributed by atoms with Crippen LogP contribution in [0.3, 0.4) is 0 Å². The maximum Gasteiger partial charge on any atom is 0.329 e. The predicted octanol–water partition coefficient (Wildman–Crippen LogP) is -0.0276. The van der Waals surface area contributed by atoms with Crippen molar-refractivity contribution in [2.75, 3.05) is 30.4 Å². The highest BCUT2D eigenvalue weighted by Crippen LogP contribution is 2.18. The van der Waals surface area contributed by atoms with Crippen LogP contribution < -0.4 is 5.73 Å². The van der Waals surface area contributed by atoms with Gasteiger partial charge >= 0.3 is 5.97 Å². The van der Waals surface area contributed by atoms with Gasteiger partial charge in [-0.25, -0.2) is 4.79 Å². The SMILES string of the molecule is CCOC(=O)C1CSCCN1C(=O)Cn1ccc(N)n1. The van der Waals surface area contributed by atoms with Crippen molar-refractivity contribution < 1.29 is 14.3 Å². The summed E-state index contributed by atoms with van der Waals surface area (Å²) in [6.07, 6.45) is 1.64. The molecule has 1 aliphatic rings. The minimum absolute atomic E-state index is 0.0811. The molecule has 2 rings (SSSR count). The van der Waals surface area contributed by atoms with Gasteiger partial charge in [-0.3, -0.25) is 9.48 Å². The molecule has 8 heteroatoms. The van der Waals surface area contributed by atoms with Crippen molar-refractivity contribution in [3.05, 3.63) is 12.3 Å². The minimum Gasteiger partial charge on any atom is -0.464 e. The Kier molecular flexibility index (Phi) is 4.89. The number of nitrogens with two attached hydrogens (primary N) is 1. The van der Waals surface area contributed by atoms with E-state index in [2.05, 4.69) is 5.10 Å². The molecular formula is C12H18N4O3S. The summed E-state index contributed by atoms with van der Waals surface area (Å²) < 4.78 is 6.50. The zero-order valence-electron chi connectivity index (χ0n) is 11.3. The number of hydrogen-bond donors (Lipinski definition) is 1. The number of ether oxygens (including phenoxy) is 1. The Morgan fingerprint density at radius 1 is 1.60 bits per heavy atom. The number of esters is 1. The van der Waals surface area contributed by atoms with E-state index >= 15 is 0 Å². The van der Waals surface area contributed by atoms with Crippen molar-refractivity contribution in [3.63, 3.8) is 0 Å². The van der Waals surface area contributed by atoms with Gasteiger partial charge in [0.25, 0.3) is 0 Å². The van der Waals surface area contributed by atoms with Gasteiger partial charge in [0.15, 0.2) is 0 Å². The van der Waals surface area contributed by atoms with Crippen molar-refractivity contribution in [2.45, 2.75) is 19.5 Å². The molecule has 0 aromatic carbocycles. The van der Waals surface area contributed by atoms with Crippen LogP contribution in [0.5, 0.6) is 0 Å². The Balaban J connectivity index is 2.03. The maximum atomic E-state index is 12.3. The van der Waals surface area contributed by atoms with E-state index in [1.54, 1.807) is 35.8 Å². The summed E-state index contributed by atoms with van der Waals surface area (Å²) in [6.45, 7) is 2.70. The van der Waals surface area contributed by atoms with E-state index in [0.29, 0.717) is 24.7 Å². The largest absolute Gasteiger partial charge is 0.464 e. The molecular weight excluding hydrogens is 280 g/mol. The second-order valence-electron chi connectivity index (χ2n) is 4.37. The second-order valence-corrected chi connectivity index (χ2v) is 5.52. The molecule has 1 aromatic heterocycles. The van der Waals surface area contributed by atoms with Crippen LogP contribution in [-0.2, 0) is 20.9 Å². The molecule has 1 unspecified atom stereocenters. The standard InChI is InChI=1S/C12H18N4O3S/c1-2-19-12(18)9-8-20-6-5-16(9)11(17)7-15-4-3-10(13)14-15/h3-4,9H,2,5-8H2,1H3,(H2,13,14). The smallest absolute Gasteiger partial charge is 0.329 e. The van der Waals surface area contributed by atoms with E-state index in [1.807, 2.05) is 0 Å². The molecule has 1 atom stereocenters. The third-order valence-corrected chi connectivity index (χ3v) is 3.99. The summed E-state index contributed by atoms with van der Waals surface area (Å²) in [5.41, 5.74) is 5.51.